The van der Waals surface area contributed by atoms with E-state index in [1.54, 1.807) is 0 Å². The molecular formula is C11H10O. The molecule has 0 aliphatic carbocycles. The molecule has 0 aliphatic heterocycles. The highest BCUT2D eigenvalue weighted by Crippen LogP contribution is 2.14. The van der Waals surface area contributed by atoms with Crippen molar-refractivity contribution in [3.63, 3.8) is 0 Å². The lowest BCUT2D eigenvalue weighted by molar-refractivity contribution is -0.117. The molecular weight excluding hydrogens is 148 g/mol. The second kappa shape index (κ2) is 3.73. The van der Waals surface area contributed by atoms with Crippen molar-refractivity contribution in [2.45, 2.75) is 12.8 Å². The largest absolute Gasteiger partial charge is 0.298 e. The fourth-order valence-electron chi connectivity index (χ4n) is 1.09. The van der Waals surface area contributed by atoms with Crippen LogP contribution in [0.3, 0.4) is 0 Å². The lowest BCUT2D eigenvalue weighted by atomic mass is 9.97. The molecule has 0 saturated carbocycles. The van der Waals surface area contributed by atoms with E-state index >= 15 is 0 Å². The number of rotatable bonds is 2. The molecule has 0 unspecified atom stereocenters. The standard InChI is InChI=1S/C11H10O/c1-3-11(9(2)12)10-7-5-4-6-8-10/h1,4-8,11H,2H3/t11-/m1/s1. The maximum absolute atomic E-state index is 11.0. The number of hydrogen-bond acceptors (Lipinski definition) is 1. The van der Waals surface area contributed by atoms with Gasteiger partial charge in [-0.2, -0.15) is 0 Å². The van der Waals surface area contributed by atoms with Gasteiger partial charge in [-0.1, -0.05) is 36.3 Å². The van der Waals surface area contributed by atoms with Gasteiger partial charge in [-0.3, -0.25) is 4.79 Å². The maximum Gasteiger partial charge on any atom is 0.149 e. The van der Waals surface area contributed by atoms with Crippen LogP contribution in [0.15, 0.2) is 30.3 Å². The minimum absolute atomic E-state index is 0.0173. The van der Waals surface area contributed by atoms with E-state index in [4.69, 9.17) is 6.42 Å². The Morgan fingerprint density at radius 2 is 2.00 bits per heavy atom. The first-order valence-corrected chi connectivity index (χ1v) is 3.77. The molecule has 1 rings (SSSR count). The van der Waals surface area contributed by atoms with Gasteiger partial charge in [0.25, 0.3) is 0 Å². The Hall–Kier alpha value is -1.55. The van der Waals surface area contributed by atoms with Crippen LogP contribution in [0, 0.1) is 12.3 Å². The van der Waals surface area contributed by atoms with Crippen molar-refractivity contribution in [1.29, 1.82) is 0 Å². The van der Waals surface area contributed by atoms with Crippen LogP contribution in [-0.2, 0) is 4.79 Å². The van der Waals surface area contributed by atoms with Crippen molar-refractivity contribution in [3.05, 3.63) is 35.9 Å². The van der Waals surface area contributed by atoms with Crippen molar-refractivity contribution < 1.29 is 4.79 Å². The molecule has 60 valence electrons. The number of Topliss-reactive ketones (excluding diaryl/α,β-unsaturated/α-hetero) is 1. The van der Waals surface area contributed by atoms with Crippen molar-refractivity contribution in [2.75, 3.05) is 0 Å². The molecule has 0 bridgehead atoms. The summed E-state index contributed by atoms with van der Waals surface area (Å²) in [5.41, 5.74) is 0.896. The van der Waals surface area contributed by atoms with Crippen LogP contribution >= 0.6 is 0 Å². The van der Waals surface area contributed by atoms with E-state index in [1.165, 1.54) is 6.92 Å². The normalized spacial score (nSPS) is 11.7. The quantitative estimate of drug-likeness (QED) is 0.601. The lowest BCUT2D eigenvalue weighted by Gasteiger charge is -2.05. The number of benzene rings is 1. The smallest absolute Gasteiger partial charge is 0.149 e. The predicted molar refractivity (Wildman–Crippen MR) is 48.7 cm³/mol. The highest BCUT2D eigenvalue weighted by atomic mass is 16.1. The summed E-state index contributed by atoms with van der Waals surface area (Å²) in [6.07, 6.45) is 5.23. The third kappa shape index (κ3) is 1.73. The predicted octanol–water partition coefficient (Wildman–Crippen LogP) is 1.99. The van der Waals surface area contributed by atoms with E-state index in [1.807, 2.05) is 30.3 Å². The number of carbonyl (C=O) groups is 1. The topological polar surface area (TPSA) is 17.1 Å². The third-order valence-corrected chi connectivity index (χ3v) is 1.71. The molecule has 1 atom stereocenters. The molecule has 0 aromatic heterocycles. The number of ketones is 1. The van der Waals surface area contributed by atoms with E-state index in [-0.39, 0.29) is 11.7 Å². The molecule has 0 N–H and O–H groups in total. The van der Waals surface area contributed by atoms with Crippen molar-refractivity contribution in [3.8, 4) is 12.3 Å². The molecule has 0 saturated heterocycles. The first-order chi connectivity index (χ1) is 5.75. The summed E-state index contributed by atoms with van der Waals surface area (Å²) in [6.45, 7) is 1.51. The average molecular weight is 158 g/mol. The SMILES string of the molecule is C#C[C@H](C(C)=O)c1ccccc1. The lowest BCUT2D eigenvalue weighted by Crippen LogP contribution is -2.05. The second-order valence-electron chi connectivity index (χ2n) is 2.62. The molecule has 1 aromatic rings. The highest BCUT2D eigenvalue weighted by molar-refractivity contribution is 5.86. The number of terminal acetylenes is 1. The summed E-state index contributed by atoms with van der Waals surface area (Å²) in [5.74, 6) is 2.10. The summed E-state index contributed by atoms with van der Waals surface area (Å²) < 4.78 is 0. The Bertz CT molecular complexity index is 306. The molecule has 1 aromatic carbocycles. The van der Waals surface area contributed by atoms with Crippen LogP contribution in [0.25, 0.3) is 0 Å². The van der Waals surface area contributed by atoms with Gasteiger partial charge in [-0.15, -0.1) is 6.42 Å². The Kier molecular flexibility index (Phi) is 2.66. The highest BCUT2D eigenvalue weighted by Gasteiger charge is 2.11. The van der Waals surface area contributed by atoms with Crippen LogP contribution in [0.2, 0.25) is 0 Å². The Morgan fingerprint density at radius 3 is 2.42 bits per heavy atom. The first kappa shape index (κ1) is 8.55. The molecule has 1 nitrogen and oxygen atoms in total. The summed E-state index contributed by atoms with van der Waals surface area (Å²) >= 11 is 0. The average Bonchev–Trinajstić information content (AvgIpc) is 2.07. The van der Waals surface area contributed by atoms with E-state index in [2.05, 4.69) is 5.92 Å². The van der Waals surface area contributed by atoms with E-state index in [0.29, 0.717) is 0 Å². The van der Waals surface area contributed by atoms with Crippen LogP contribution in [0.4, 0.5) is 0 Å². The molecule has 0 fully saturated rings. The molecule has 12 heavy (non-hydrogen) atoms. The minimum Gasteiger partial charge on any atom is -0.298 e. The summed E-state index contributed by atoms with van der Waals surface area (Å²) in [6, 6.07) is 9.39. The van der Waals surface area contributed by atoms with Crippen LogP contribution in [0.1, 0.15) is 18.4 Å². The summed E-state index contributed by atoms with van der Waals surface area (Å²) in [5, 5.41) is 0. The van der Waals surface area contributed by atoms with E-state index in [0.717, 1.165) is 5.56 Å². The molecule has 0 heterocycles. The van der Waals surface area contributed by atoms with Crippen LogP contribution in [-0.4, -0.2) is 5.78 Å². The zero-order valence-corrected chi connectivity index (χ0v) is 6.95. The van der Waals surface area contributed by atoms with Gasteiger partial charge in [0.2, 0.25) is 0 Å². The molecule has 1 heteroatoms. The van der Waals surface area contributed by atoms with Gasteiger partial charge in [0.15, 0.2) is 0 Å². The van der Waals surface area contributed by atoms with Crippen molar-refractivity contribution in [2.24, 2.45) is 0 Å². The molecule has 0 aliphatic rings. The fraction of sp³-hybridized carbons (Fsp3) is 0.182. The van der Waals surface area contributed by atoms with Gasteiger partial charge < -0.3 is 0 Å². The monoisotopic (exact) mass is 158 g/mol. The maximum atomic E-state index is 11.0. The van der Waals surface area contributed by atoms with Gasteiger partial charge in [-0.25, -0.2) is 0 Å². The van der Waals surface area contributed by atoms with E-state index < -0.39 is 0 Å². The zero-order chi connectivity index (χ0) is 8.97. The number of hydrogen-bond donors (Lipinski definition) is 0. The fourth-order valence-corrected chi connectivity index (χ4v) is 1.09. The Labute approximate surface area is 72.4 Å². The number of carbonyl (C=O) groups excluding carboxylic acids is 1. The minimum atomic E-state index is -0.383. The van der Waals surface area contributed by atoms with Crippen LogP contribution in [0.5, 0.6) is 0 Å². The van der Waals surface area contributed by atoms with Crippen molar-refractivity contribution in [1.82, 2.24) is 0 Å². The van der Waals surface area contributed by atoms with Gasteiger partial charge in [0.1, 0.15) is 11.7 Å². The van der Waals surface area contributed by atoms with Gasteiger partial charge in [-0.05, 0) is 12.5 Å². The Morgan fingerprint density at radius 1 is 1.42 bits per heavy atom. The van der Waals surface area contributed by atoms with Gasteiger partial charge >= 0.3 is 0 Å². The third-order valence-electron chi connectivity index (χ3n) is 1.71. The van der Waals surface area contributed by atoms with Gasteiger partial charge in [0, 0.05) is 0 Å². The van der Waals surface area contributed by atoms with E-state index in [9.17, 15) is 4.79 Å². The molecule has 0 amide bonds. The van der Waals surface area contributed by atoms with Crippen molar-refractivity contribution >= 4 is 5.78 Å². The first-order valence-electron chi connectivity index (χ1n) is 3.77. The Balaban J connectivity index is 2.98. The summed E-state index contributed by atoms with van der Waals surface area (Å²) in [7, 11) is 0. The molecule has 0 spiro atoms. The van der Waals surface area contributed by atoms with Crippen LogP contribution < -0.4 is 0 Å². The second-order valence-corrected chi connectivity index (χ2v) is 2.62. The summed E-state index contributed by atoms with van der Waals surface area (Å²) in [4.78, 5) is 11.0. The van der Waals surface area contributed by atoms with Gasteiger partial charge in [0.05, 0.1) is 0 Å². The molecule has 0 radical (unpaired) electrons. The zero-order valence-electron chi connectivity index (χ0n) is 6.95.